The molecule has 0 spiro atoms. The van der Waals surface area contributed by atoms with E-state index in [1.807, 2.05) is 18.3 Å². The zero-order chi connectivity index (χ0) is 16.2. The Morgan fingerprint density at radius 2 is 1.83 bits per heavy atom. The van der Waals surface area contributed by atoms with Gasteiger partial charge >= 0.3 is 0 Å². The van der Waals surface area contributed by atoms with Crippen molar-refractivity contribution >= 4 is 11.8 Å². The maximum absolute atomic E-state index is 5.26. The lowest BCUT2D eigenvalue weighted by Crippen LogP contribution is -2.01. The predicted molar refractivity (Wildman–Crippen MR) is 96.7 cm³/mol. The minimum atomic E-state index is 0.860. The highest BCUT2D eigenvalue weighted by molar-refractivity contribution is 7.99. The van der Waals surface area contributed by atoms with Gasteiger partial charge in [0.1, 0.15) is 5.75 Å². The lowest BCUT2D eigenvalue weighted by molar-refractivity contribution is 0.415. The Morgan fingerprint density at radius 1 is 1.09 bits per heavy atom. The van der Waals surface area contributed by atoms with Crippen molar-refractivity contribution in [2.45, 2.75) is 19.0 Å². The molecular weight excluding hydrogens is 304 g/mol. The van der Waals surface area contributed by atoms with Crippen LogP contribution in [0.2, 0.25) is 0 Å². The van der Waals surface area contributed by atoms with E-state index in [9.17, 15) is 0 Å². The largest absolute Gasteiger partial charge is 0.497 e. The molecule has 0 atom stereocenters. The Balaban J connectivity index is 2.15. The van der Waals surface area contributed by atoms with E-state index in [2.05, 4.69) is 59.8 Å². The summed E-state index contributed by atoms with van der Waals surface area (Å²) in [6.07, 6.45) is 1.95. The monoisotopic (exact) mass is 324 g/mol. The number of aromatic nitrogens is 2. The number of benzene rings is 2. The highest BCUT2D eigenvalue weighted by Crippen LogP contribution is 2.31. The van der Waals surface area contributed by atoms with Crippen molar-refractivity contribution in [1.82, 2.24) is 9.55 Å². The first-order chi connectivity index (χ1) is 11.2. The third-order valence-electron chi connectivity index (χ3n) is 3.75. The van der Waals surface area contributed by atoms with Crippen molar-refractivity contribution in [3.63, 3.8) is 0 Å². The van der Waals surface area contributed by atoms with Gasteiger partial charge in [0, 0.05) is 5.56 Å². The van der Waals surface area contributed by atoms with Gasteiger partial charge in [0.25, 0.3) is 0 Å². The van der Waals surface area contributed by atoms with Gasteiger partial charge in [-0.3, -0.25) is 4.57 Å². The minimum absolute atomic E-state index is 0.860. The molecule has 0 aliphatic carbocycles. The van der Waals surface area contributed by atoms with Crippen LogP contribution < -0.4 is 4.74 Å². The first-order valence-corrected chi connectivity index (χ1v) is 8.64. The summed E-state index contributed by atoms with van der Waals surface area (Å²) >= 11 is 1.76. The molecule has 1 heterocycles. The zero-order valence-corrected chi connectivity index (χ0v) is 14.4. The molecule has 4 heteroatoms. The van der Waals surface area contributed by atoms with Crippen molar-refractivity contribution in [2.75, 3.05) is 12.9 Å². The number of thioether (sulfide) groups is 1. The molecule has 1 aromatic heterocycles. The molecule has 3 aromatic rings. The quantitative estimate of drug-likeness (QED) is 0.620. The number of nitrogens with zero attached hydrogens (tertiary/aromatic N) is 2. The summed E-state index contributed by atoms with van der Waals surface area (Å²) in [5.41, 5.74) is 4.63. The maximum atomic E-state index is 5.26. The van der Waals surface area contributed by atoms with Crippen LogP contribution in [-0.4, -0.2) is 22.4 Å². The molecule has 0 N–H and O–H groups in total. The number of ether oxygens (including phenoxy) is 1. The van der Waals surface area contributed by atoms with E-state index in [4.69, 9.17) is 4.74 Å². The summed E-state index contributed by atoms with van der Waals surface area (Å²) in [5, 5.41) is 1.02. The van der Waals surface area contributed by atoms with Crippen LogP contribution in [0.4, 0.5) is 0 Å². The third-order valence-corrected chi connectivity index (χ3v) is 4.58. The summed E-state index contributed by atoms with van der Waals surface area (Å²) < 4.78 is 7.50. The fraction of sp³-hybridized carbons (Fsp3) is 0.211. The normalized spacial score (nSPS) is 10.7. The summed E-state index contributed by atoms with van der Waals surface area (Å²) in [6, 6.07) is 16.5. The Bertz CT molecular complexity index is 793. The molecule has 3 rings (SSSR count). The molecule has 118 valence electrons. The van der Waals surface area contributed by atoms with Gasteiger partial charge in [0.2, 0.25) is 0 Å². The molecule has 3 nitrogen and oxygen atoms in total. The Hall–Kier alpha value is -2.20. The van der Waals surface area contributed by atoms with Crippen molar-refractivity contribution in [3.8, 4) is 22.7 Å². The predicted octanol–water partition coefficient (Wildman–Crippen LogP) is 4.97. The highest BCUT2D eigenvalue weighted by Gasteiger charge is 2.15. The van der Waals surface area contributed by atoms with Crippen LogP contribution in [0.5, 0.6) is 5.75 Å². The van der Waals surface area contributed by atoms with Crippen molar-refractivity contribution in [1.29, 1.82) is 0 Å². The van der Waals surface area contributed by atoms with E-state index >= 15 is 0 Å². The molecular formula is C19H20N2OS. The van der Waals surface area contributed by atoms with Gasteiger partial charge in [0.15, 0.2) is 5.16 Å². The van der Waals surface area contributed by atoms with Gasteiger partial charge in [-0.2, -0.15) is 0 Å². The average molecular weight is 324 g/mol. The number of aryl methyl sites for hydroxylation is 1. The lowest BCUT2D eigenvalue weighted by atomic mass is 10.1. The number of para-hydroxylation sites is 1. The molecule has 2 aromatic carbocycles. The van der Waals surface area contributed by atoms with Crippen LogP contribution in [-0.2, 0) is 0 Å². The average Bonchev–Trinajstić information content (AvgIpc) is 2.99. The van der Waals surface area contributed by atoms with Crippen molar-refractivity contribution < 1.29 is 4.74 Å². The summed E-state index contributed by atoms with van der Waals surface area (Å²) in [5.74, 6) is 1.85. The van der Waals surface area contributed by atoms with Crippen LogP contribution in [0, 0.1) is 6.92 Å². The summed E-state index contributed by atoms with van der Waals surface area (Å²) in [7, 11) is 1.68. The summed E-state index contributed by atoms with van der Waals surface area (Å²) in [4.78, 5) is 4.64. The van der Waals surface area contributed by atoms with E-state index < -0.39 is 0 Å². The van der Waals surface area contributed by atoms with Crippen LogP contribution >= 0.6 is 11.8 Å². The van der Waals surface area contributed by atoms with Crippen LogP contribution in [0.25, 0.3) is 16.9 Å². The number of hydrogen-bond acceptors (Lipinski definition) is 3. The molecule has 0 aliphatic heterocycles. The molecule has 0 bridgehead atoms. The number of hydrogen-bond donors (Lipinski definition) is 0. The lowest BCUT2D eigenvalue weighted by Gasteiger charge is -2.14. The third kappa shape index (κ3) is 3.13. The van der Waals surface area contributed by atoms with Crippen LogP contribution in [0.15, 0.2) is 59.9 Å². The van der Waals surface area contributed by atoms with Gasteiger partial charge < -0.3 is 4.74 Å². The van der Waals surface area contributed by atoms with E-state index in [1.165, 1.54) is 11.3 Å². The molecule has 23 heavy (non-hydrogen) atoms. The fourth-order valence-corrected chi connectivity index (χ4v) is 3.29. The smallest absolute Gasteiger partial charge is 0.173 e. The summed E-state index contributed by atoms with van der Waals surface area (Å²) in [6.45, 7) is 4.28. The highest BCUT2D eigenvalue weighted by atomic mass is 32.2. The van der Waals surface area contributed by atoms with E-state index in [1.54, 1.807) is 18.9 Å². The molecule has 0 aliphatic rings. The SMILES string of the molecule is CCSc1ncc(-c2ccc(OC)cc2)n1-c1ccccc1C. The Kier molecular flexibility index (Phi) is 4.72. The number of methoxy groups -OCH3 is 1. The second-order valence-electron chi connectivity index (χ2n) is 5.21. The molecule has 0 fully saturated rings. The first-order valence-electron chi connectivity index (χ1n) is 7.65. The van der Waals surface area contributed by atoms with Crippen LogP contribution in [0.3, 0.4) is 0 Å². The van der Waals surface area contributed by atoms with E-state index in [0.717, 1.165) is 27.9 Å². The molecule has 0 saturated carbocycles. The first kappa shape index (κ1) is 15.7. The van der Waals surface area contributed by atoms with Gasteiger partial charge in [-0.1, -0.05) is 36.9 Å². The Labute approximate surface area is 141 Å². The molecule has 0 unspecified atom stereocenters. The number of rotatable bonds is 5. The van der Waals surface area contributed by atoms with Crippen molar-refractivity contribution in [3.05, 3.63) is 60.3 Å². The van der Waals surface area contributed by atoms with E-state index in [-0.39, 0.29) is 0 Å². The number of imidazole rings is 1. The molecule has 0 radical (unpaired) electrons. The van der Waals surface area contributed by atoms with Crippen LogP contribution in [0.1, 0.15) is 12.5 Å². The molecule has 0 saturated heterocycles. The molecule has 0 amide bonds. The second kappa shape index (κ2) is 6.92. The standard InChI is InChI=1S/C19H20N2OS/c1-4-23-19-20-13-18(15-9-11-16(22-3)12-10-15)21(19)17-8-6-5-7-14(17)2/h5-13H,4H2,1-3H3. The minimum Gasteiger partial charge on any atom is -0.497 e. The fourth-order valence-electron chi connectivity index (χ4n) is 2.58. The van der Waals surface area contributed by atoms with Gasteiger partial charge in [0.05, 0.1) is 24.7 Å². The van der Waals surface area contributed by atoms with Crippen molar-refractivity contribution in [2.24, 2.45) is 0 Å². The van der Waals surface area contributed by atoms with Gasteiger partial charge in [-0.05, 0) is 48.6 Å². The topological polar surface area (TPSA) is 27.1 Å². The Morgan fingerprint density at radius 3 is 2.48 bits per heavy atom. The maximum Gasteiger partial charge on any atom is 0.173 e. The zero-order valence-electron chi connectivity index (χ0n) is 13.6. The van der Waals surface area contributed by atoms with Gasteiger partial charge in [-0.25, -0.2) is 4.98 Å². The second-order valence-corrected chi connectivity index (χ2v) is 6.44. The van der Waals surface area contributed by atoms with Gasteiger partial charge in [-0.15, -0.1) is 0 Å². The van der Waals surface area contributed by atoms with E-state index in [0.29, 0.717) is 0 Å².